The van der Waals surface area contributed by atoms with E-state index >= 15 is 0 Å². The Morgan fingerprint density at radius 3 is 2.21 bits per heavy atom. The van der Waals surface area contributed by atoms with Crippen molar-refractivity contribution < 1.29 is 17.9 Å². The van der Waals surface area contributed by atoms with Crippen LogP contribution in [0.3, 0.4) is 0 Å². The highest BCUT2D eigenvalue weighted by Crippen LogP contribution is 2.32. The van der Waals surface area contributed by atoms with Gasteiger partial charge < -0.3 is 4.74 Å². The molecule has 0 aliphatic rings. The average Bonchev–Trinajstić information content (AvgIpc) is 1.98. The maximum atomic E-state index is 12.2. The van der Waals surface area contributed by atoms with Crippen molar-refractivity contribution >= 4 is 11.6 Å². The molecule has 0 radical (unpaired) electrons. The Morgan fingerprint density at radius 2 is 1.93 bits per heavy atom. The monoisotopic (exact) mass is 223 g/mol. The van der Waals surface area contributed by atoms with Gasteiger partial charge in [0.1, 0.15) is 5.76 Å². The number of rotatable bonds is 3. The molecule has 0 aliphatic heterocycles. The van der Waals surface area contributed by atoms with Crippen LogP contribution in [-0.4, -0.2) is 6.18 Å². The molecular weight excluding hydrogens is 219 g/mol. The topological polar surface area (TPSA) is 33.0 Å². The van der Waals surface area contributed by atoms with Crippen LogP contribution in [0.5, 0.6) is 0 Å². The van der Waals surface area contributed by atoms with Gasteiger partial charge in [0.05, 0.1) is 5.57 Å². The fourth-order valence-electron chi connectivity index (χ4n) is 0.563. The zero-order valence-corrected chi connectivity index (χ0v) is 7.61. The van der Waals surface area contributed by atoms with Crippen LogP contribution in [0.1, 0.15) is 0 Å². The molecule has 0 rings (SSSR count). The maximum absolute atomic E-state index is 12.2. The number of alkyl halides is 3. The van der Waals surface area contributed by atoms with E-state index in [1.165, 1.54) is 6.26 Å². The quantitative estimate of drug-likeness (QED) is 0.418. The summed E-state index contributed by atoms with van der Waals surface area (Å²) in [4.78, 5) is 0. The second-order valence-corrected chi connectivity index (χ2v) is 2.58. The van der Waals surface area contributed by atoms with Crippen molar-refractivity contribution in [3.63, 3.8) is 0 Å². The summed E-state index contributed by atoms with van der Waals surface area (Å²) in [7, 11) is 0. The molecule has 0 atom stereocenters. The summed E-state index contributed by atoms with van der Waals surface area (Å²) in [6.45, 7) is 5.99. The Bertz CT molecular complexity index is 324. The third-order valence-electron chi connectivity index (χ3n) is 1.08. The molecule has 0 aromatic carbocycles. The number of nitrogens with zero attached hydrogens (tertiary/aromatic N) is 1. The summed E-state index contributed by atoms with van der Waals surface area (Å²) in [6, 6.07) is 0. The van der Waals surface area contributed by atoms with Gasteiger partial charge in [0.2, 0.25) is 0 Å². The van der Waals surface area contributed by atoms with E-state index in [0.717, 1.165) is 0 Å². The highest BCUT2D eigenvalue weighted by Gasteiger charge is 2.35. The highest BCUT2D eigenvalue weighted by molar-refractivity contribution is 6.31. The van der Waals surface area contributed by atoms with Crippen molar-refractivity contribution in [2.75, 3.05) is 0 Å². The summed E-state index contributed by atoms with van der Waals surface area (Å²) in [5, 5.41) is 7.30. The van der Waals surface area contributed by atoms with Crippen molar-refractivity contribution in [3.8, 4) is 6.26 Å². The minimum Gasteiger partial charge on any atom is -0.389 e. The summed E-state index contributed by atoms with van der Waals surface area (Å²) in [5.41, 5.74) is -1.19. The van der Waals surface area contributed by atoms with Gasteiger partial charge >= 0.3 is 6.18 Å². The first kappa shape index (κ1) is 12.6. The van der Waals surface area contributed by atoms with Gasteiger partial charge in [-0.05, 0) is 6.08 Å². The molecule has 0 saturated heterocycles. The van der Waals surface area contributed by atoms with Crippen LogP contribution in [0.15, 0.2) is 35.6 Å². The van der Waals surface area contributed by atoms with Crippen LogP contribution in [0, 0.1) is 11.5 Å². The molecule has 14 heavy (non-hydrogen) atoms. The van der Waals surface area contributed by atoms with Gasteiger partial charge in [-0.3, -0.25) is 0 Å². The number of nitriles is 1. The van der Waals surface area contributed by atoms with E-state index in [1.807, 2.05) is 0 Å². The Labute approximate surface area is 83.5 Å². The molecule has 0 spiro atoms. The first-order valence-corrected chi connectivity index (χ1v) is 3.55. The molecule has 6 heteroatoms. The largest absolute Gasteiger partial charge is 0.417 e. The second-order valence-electron chi connectivity index (χ2n) is 2.12. The number of hydrogen-bond acceptors (Lipinski definition) is 2. The van der Waals surface area contributed by atoms with Crippen LogP contribution in [0.25, 0.3) is 0 Å². The van der Waals surface area contributed by atoms with E-state index in [2.05, 4.69) is 17.9 Å². The zero-order valence-electron chi connectivity index (χ0n) is 6.86. The van der Waals surface area contributed by atoms with Crippen molar-refractivity contribution in [2.45, 2.75) is 6.18 Å². The van der Waals surface area contributed by atoms with Crippen LogP contribution in [-0.2, 0) is 4.74 Å². The van der Waals surface area contributed by atoms with Crippen LogP contribution < -0.4 is 0 Å². The van der Waals surface area contributed by atoms with Crippen molar-refractivity contribution in [1.82, 2.24) is 0 Å². The first-order valence-electron chi connectivity index (χ1n) is 3.17. The summed E-state index contributed by atoms with van der Waals surface area (Å²) in [5.74, 6) is -0.457. The number of hydrogen-bond donors (Lipinski definition) is 0. The Morgan fingerprint density at radius 1 is 1.43 bits per heavy atom. The van der Waals surface area contributed by atoms with Gasteiger partial charge in [-0.1, -0.05) is 24.8 Å². The number of ether oxygens (including phenoxy) is 1. The van der Waals surface area contributed by atoms with E-state index in [4.69, 9.17) is 16.9 Å². The van der Waals surface area contributed by atoms with Gasteiger partial charge in [0.25, 0.3) is 6.26 Å². The number of allylic oxidation sites excluding steroid dienone is 3. The van der Waals surface area contributed by atoms with E-state index in [1.54, 1.807) is 0 Å². The van der Waals surface area contributed by atoms with Crippen molar-refractivity contribution in [3.05, 3.63) is 35.6 Å². The lowest BCUT2D eigenvalue weighted by molar-refractivity contribution is -0.0888. The van der Waals surface area contributed by atoms with E-state index in [-0.39, 0.29) is 0 Å². The molecule has 0 N–H and O–H groups in total. The molecule has 0 heterocycles. The average molecular weight is 224 g/mol. The van der Waals surface area contributed by atoms with Crippen molar-refractivity contribution in [2.24, 2.45) is 0 Å². The van der Waals surface area contributed by atoms with Gasteiger partial charge in [-0.15, -0.1) is 5.26 Å². The van der Waals surface area contributed by atoms with Gasteiger partial charge in [0.15, 0.2) is 0 Å². The van der Waals surface area contributed by atoms with E-state index in [0.29, 0.717) is 6.08 Å². The lowest BCUT2D eigenvalue weighted by atomic mass is 10.2. The molecule has 0 aromatic rings. The van der Waals surface area contributed by atoms with Gasteiger partial charge in [0, 0.05) is 5.03 Å². The lowest BCUT2D eigenvalue weighted by Gasteiger charge is -2.09. The highest BCUT2D eigenvalue weighted by atomic mass is 35.5. The Balaban J connectivity index is 4.96. The Hall–Kier alpha value is -1.41. The molecule has 0 unspecified atom stereocenters. The molecule has 0 fully saturated rings. The minimum atomic E-state index is -4.65. The zero-order chi connectivity index (χ0) is 11.4. The normalized spacial score (nSPS) is 11.8. The van der Waals surface area contributed by atoms with Crippen LogP contribution >= 0.6 is 11.6 Å². The fourth-order valence-corrected chi connectivity index (χ4v) is 0.725. The number of halogens is 4. The van der Waals surface area contributed by atoms with Gasteiger partial charge in [-0.25, -0.2) is 0 Å². The minimum absolute atomic E-state index is 0.457. The van der Waals surface area contributed by atoms with E-state index in [9.17, 15) is 13.2 Å². The van der Waals surface area contributed by atoms with Crippen molar-refractivity contribution in [1.29, 1.82) is 5.26 Å². The maximum Gasteiger partial charge on any atom is 0.417 e. The van der Waals surface area contributed by atoms with Crippen LogP contribution in [0.4, 0.5) is 13.2 Å². The smallest absolute Gasteiger partial charge is 0.389 e. The van der Waals surface area contributed by atoms with E-state index < -0.39 is 22.5 Å². The predicted octanol–water partition coefficient (Wildman–Crippen LogP) is 3.24. The molecule has 0 amide bonds. The first-order chi connectivity index (χ1) is 6.29. The third-order valence-corrected chi connectivity index (χ3v) is 1.28. The molecule has 76 valence electrons. The predicted molar refractivity (Wildman–Crippen MR) is 45.0 cm³/mol. The summed E-state index contributed by atoms with van der Waals surface area (Å²) < 4.78 is 40.6. The SMILES string of the molecule is C=C(/C=C(\C(=C)Cl)C(F)(F)F)OC#N. The lowest BCUT2D eigenvalue weighted by Crippen LogP contribution is -2.12. The summed E-state index contributed by atoms with van der Waals surface area (Å²) in [6.07, 6.45) is -2.97. The summed E-state index contributed by atoms with van der Waals surface area (Å²) >= 11 is 5.11. The standard InChI is InChI=1S/C8H5ClF3NO/c1-5(14-4-13)3-7(6(2)9)8(10,11)12/h3H,1-2H2/b7-3+. The third kappa shape index (κ3) is 4.01. The second kappa shape index (κ2) is 4.72. The Kier molecular flexibility index (Phi) is 4.25. The molecule has 0 bridgehead atoms. The fraction of sp³-hybridized carbons (Fsp3) is 0.125. The molecule has 0 saturated carbocycles. The van der Waals surface area contributed by atoms with Gasteiger partial charge in [-0.2, -0.15) is 13.2 Å². The molecular formula is C8H5ClF3NO. The molecule has 2 nitrogen and oxygen atoms in total. The molecule has 0 aromatic heterocycles. The van der Waals surface area contributed by atoms with Crippen LogP contribution in [0.2, 0.25) is 0 Å². The molecule has 0 aliphatic carbocycles.